The van der Waals surface area contributed by atoms with Crippen molar-refractivity contribution in [2.45, 2.75) is 13.8 Å². The molecule has 0 aliphatic heterocycles. The quantitative estimate of drug-likeness (QED) is 0.613. The van der Waals surface area contributed by atoms with Crippen molar-refractivity contribution in [3.63, 3.8) is 0 Å². The van der Waals surface area contributed by atoms with E-state index in [0.29, 0.717) is 36.0 Å². The third kappa shape index (κ3) is 4.67. The molecule has 3 aromatic carbocycles. The van der Waals surface area contributed by atoms with Crippen molar-refractivity contribution in [1.82, 2.24) is 0 Å². The molecule has 138 valence electrons. The zero-order chi connectivity index (χ0) is 19.1. The monoisotopic (exact) mass is 361 g/mol. The van der Waals surface area contributed by atoms with Gasteiger partial charge in [0.25, 0.3) is 5.91 Å². The number of carbonyl (C=O) groups is 1. The number of hydrogen-bond acceptors (Lipinski definition) is 3. The molecule has 0 fully saturated rings. The van der Waals surface area contributed by atoms with Gasteiger partial charge in [0.1, 0.15) is 11.5 Å². The van der Waals surface area contributed by atoms with Gasteiger partial charge < -0.3 is 14.8 Å². The Morgan fingerprint density at radius 3 is 2.15 bits per heavy atom. The maximum Gasteiger partial charge on any atom is 0.255 e. The van der Waals surface area contributed by atoms with Crippen molar-refractivity contribution >= 4 is 11.6 Å². The highest BCUT2D eigenvalue weighted by molar-refractivity contribution is 6.05. The predicted octanol–water partition coefficient (Wildman–Crippen LogP) is 5.40. The first-order chi connectivity index (χ1) is 13.2. The summed E-state index contributed by atoms with van der Waals surface area (Å²) in [6, 6.07) is 23.0. The van der Waals surface area contributed by atoms with Gasteiger partial charge in [0.05, 0.1) is 18.9 Å². The summed E-state index contributed by atoms with van der Waals surface area (Å²) in [7, 11) is 0. The van der Waals surface area contributed by atoms with Gasteiger partial charge in [0.2, 0.25) is 0 Å². The van der Waals surface area contributed by atoms with E-state index in [1.807, 2.05) is 80.6 Å². The minimum Gasteiger partial charge on any atom is -0.494 e. The van der Waals surface area contributed by atoms with Gasteiger partial charge in [-0.1, -0.05) is 42.5 Å². The van der Waals surface area contributed by atoms with Crippen molar-refractivity contribution in [1.29, 1.82) is 0 Å². The highest BCUT2D eigenvalue weighted by atomic mass is 16.5. The van der Waals surface area contributed by atoms with Crippen molar-refractivity contribution in [2.75, 3.05) is 18.5 Å². The molecule has 0 aliphatic carbocycles. The average molecular weight is 361 g/mol. The van der Waals surface area contributed by atoms with E-state index < -0.39 is 0 Å². The first-order valence-corrected chi connectivity index (χ1v) is 9.07. The maximum absolute atomic E-state index is 12.7. The summed E-state index contributed by atoms with van der Waals surface area (Å²) in [5.74, 6) is 1.12. The zero-order valence-electron chi connectivity index (χ0n) is 15.6. The van der Waals surface area contributed by atoms with E-state index in [1.165, 1.54) is 0 Å². The van der Waals surface area contributed by atoms with Crippen LogP contribution in [-0.4, -0.2) is 19.1 Å². The van der Waals surface area contributed by atoms with Crippen LogP contribution in [0.1, 0.15) is 24.2 Å². The second-order valence-corrected chi connectivity index (χ2v) is 5.92. The van der Waals surface area contributed by atoms with Gasteiger partial charge in [-0.25, -0.2) is 0 Å². The zero-order valence-corrected chi connectivity index (χ0v) is 15.6. The summed E-state index contributed by atoms with van der Waals surface area (Å²) in [5, 5.41) is 2.93. The second-order valence-electron chi connectivity index (χ2n) is 5.92. The van der Waals surface area contributed by atoms with Crippen molar-refractivity contribution in [3.05, 3.63) is 78.4 Å². The Kier molecular flexibility index (Phi) is 6.10. The van der Waals surface area contributed by atoms with Crippen LogP contribution in [0, 0.1) is 0 Å². The van der Waals surface area contributed by atoms with Crippen LogP contribution >= 0.6 is 0 Å². The molecule has 3 rings (SSSR count). The van der Waals surface area contributed by atoms with Crippen LogP contribution in [0.15, 0.2) is 72.8 Å². The lowest BCUT2D eigenvalue weighted by molar-refractivity contribution is 0.102. The average Bonchev–Trinajstić information content (AvgIpc) is 2.71. The molecule has 0 bridgehead atoms. The molecule has 0 aliphatic rings. The Labute approximate surface area is 159 Å². The molecule has 3 aromatic rings. The van der Waals surface area contributed by atoms with E-state index in [1.54, 1.807) is 6.07 Å². The van der Waals surface area contributed by atoms with Gasteiger partial charge in [0, 0.05) is 11.6 Å². The molecule has 0 heterocycles. The molecule has 0 atom stereocenters. The number of anilines is 1. The lowest BCUT2D eigenvalue weighted by Crippen LogP contribution is -2.13. The van der Waals surface area contributed by atoms with Crippen LogP contribution < -0.4 is 14.8 Å². The molecule has 0 spiro atoms. The molecule has 4 nitrogen and oxygen atoms in total. The summed E-state index contributed by atoms with van der Waals surface area (Å²) in [6.45, 7) is 4.90. The van der Waals surface area contributed by atoms with Gasteiger partial charge in [0.15, 0.2) is 0 Å². The number of rotatable bonds is 7. The van der Waals surface area contributed by atoms with E-state index in [-0.39, 0.29) is 5.91 Å². The number of nitrogens with one attached hydrogen (secondary N) is 1. The van der Waals surface area contributed by atoms with E-state index in [4.69, 9.17) is 9.47 Å². The first-order valence-electron chi connectivity index (χ1n) is 9.07. The van der Waals surface area contributed by atoms with Gasteiger partial charge in [-0.15, -0.1) is 0 Å². The van der Waals surface area contributed by atoms with E-state index in [9.17, 15) is 4.79 Å². The number of hydrogen-bond donors (Lipinski definition) is 1. The molecule has 0 saturated carbocycles. The van der Waals surface area contributed by atoms with Crippen molar-refractivity contribution in [3.8, 4) is 22.6 Å². The fourth-order valence-corrected chi connectivity index (χ4v) is 2.78. The third-order valence-electron chi connectivity index (χ3n) is 4.06. The van der Waals surface area contributed by atoms with Crippen LogP contribution in [0.2, 0.25) is 0 Å². The smallest absolute Gasteiger partial charge is 0.255 e. The van der Waals surface area contributed by atoms with E-state index in [2.05, 4.69) is 5.32 Å². The molecule has 1 amide bonds. The molecule has 27 heavy (non-hydrogen) atoms. The fourth-order valence-electron chi connectivity index (χ4n) is 2.78. The van der Waals surface area contributed by atoms with Crippen LogP contribution in [0.5, 0.6) is 11.5 Å². The molecule has 0 saturated heterocycles. The maximum atomic E-state index is 12.7. The summed E-state index contributed by atoms with van der Waals surface area (Å²) in [6.07, 6.45) is 0. The Bertz CT molecular complexity index is 889. The summed E-state index contributed by atoms with van der Waals surface area (Å²) in [5.41, 5.74) is 3.37. The van der Waals surface area contributed by atoms with Crippen LogP contribution in [0.4, 0.5) is 5.69 Å². The molecular formula is C23H23NO3. The highest BCUT2D eigenvalue weighted by Gasteiger charge is 2.12. The SMILES string of the molecule is CCOc1ccc(OCC)c(NC(=O)c2ccc(-c3ccccc3)cc2)c1. The third-order valence-corrected chi connectivity index (χ3v) is 4.06. The van der Waals surface area contributed by atoms with Gasteiger partial charge in [-0.05, 0) is 49.2 Å². The minimum absolute atomic E-state index is 0.191. The molecule has 0 unspecified atom stereocenters. The van der Waals surface area contributed by atoms with Gasteiger partial charge in [-0.2, -0.15) is 0 Å². The number of amides is 1. The van der Waals surface area contributed by atoms with Crippen molar-refractivity contribution in [2.24, 2.45) is 0 Å². The fraction of sp³-hybridized carbons (Fsp3) is 0.174. The first kappa shape index (κ1) is 18.5. The van der Waals surface area contributed by atoms with E-state index in [0.717, 1.165) is 11.1 Å². The lowest BCUT2D eigenvalue weighted by atomic mass is 10.0. The highest BCUT2D eigenvalue weighted by Crippen LogP contribution is 2.30. The molecule has 0 aromatic heterocycles. The number of benzene rings is 3. The molecular weight excluding hydrogens is 338 g/mol. The van der Waals surface area contributed by atoms with E-state index >= 15 is 0 Å². The standard InChI is InChI=1S/C23H23NO3/c1-3-26-20-14-15-22(27-4-2)21(16-20)24-23(25)19-12-10-18(11-13-19)17-8-6-5-7-9-17/h5-16H,3-4H2,1-2H3,(H,24,25). The molecule has 1 N–H and O–H groups in total. The summed E-state index contributed by atoms with van der Waals surface area (Å²) < 4.78 is 11.1. The minimum atomic E-state index is -0.191. The second kappa shape index (κ2) is 8.90. The number of carbonyl (C=O) groups excluding carboxylic acids is 1. The van der Waals surface area contributed by atoms with Crippen LogP contribution in [0.3, 0.4) is 0 Å². The van der Waals surface area contributed by atoms with Gasteiger partial charge in [-0.3, -0.25) is 4.79 Å². The molecule has 4 heteroatoms. The Hall–Kier alpha value is -3.27. The summed E-state index contributed by atoms with van der Waals surface area (Å²) in [4.78, 5) is 12.7. The van der Waals surface area contributed by atoms with Crippen LogP contribution in [0.25, 0.3) is 11.1 Å². The topological polar surface area (TPSA) is 47.6 Å². The Balaban J connectivity index is 1.79. The largest absolute Gasteiger partial charge is 0.494 e. The lowest BCUT2D eigenvalue weighted by Gasteiger charge is -2.14. The number of ether oxygens (including phenoxy) is 2. The van der Waals surface area contributed by atoms with Gasteiger partial charge >= 0.3 is 0 Å². The Morgan fingerprint density at radius 2 is 1.48 bits per heavy atom. The predicted molar refractivity (Wildman–Crippen MR) is 109 cm³/mol. The molecule has 0 radical (unpaired) electrons. The Morgan fingerprint density at radius 1 is 0.815 bits per heavy atom. The van der Waals surface area contributed by atoms with Crippen LogP contribution in [-0.2, 0) is 0 Å². The van der Waals surface area contributed by atoms with Crippen molar-refractivity contribution < 1.29 is 14.3 Å². The summed E-state index contributed by atoms with van der Waals surface area (Å²) >= 11 is 0. The normalized spacial score (nSPS) is 10.3.